The Kier molecular flexibility index (Phi) is 7.71. The monoisotopic (exact) mass is 328 g/mol. The van der Waals surface area contributed by atoms with Gasteiger partial charge in [-0.2, -0.15) is 11.1 Å². The third-order valence-electron chi connectivity index (χ3n) is 3.74. The Labute approximate surface area is 142 Å². The molecule has 0 radical (unpaired) electrons. The predicted octanol–water partition coefficient (Wildman–Crippen LogP) is 6.41. The third kappa shape index (κ3) is 5.19. The van der Waals surface area contributed by atoms with Crippen molar-refractivity contribution in [3.05, 3.63) is 79.3 Å². The van der Waals surface area contributed by atoms with E-state index in [-0.39, 0.29) is 0 Å². The van der Waals surface area contributed by atoms with Crippen LogP contribution in [0.15, 0.2) is 73.8 Å². The van der Waals surface area contributed by atoms with E-state index in [2.05, 4.69) is 57.1 Å². The largest absolute Gasteiger partial charge is 0.180 e. The molecule has 0 saturated heterocycles. The fourth-order valence-corrected chi connectivity index (χ4v) is 5.54. The van der Waals surface area contributed by atoms with Crippen LogP contribution in [-0.2, 0) is 0 Å². The third-order valence-corrected chi connectivity index (χ3v) is 6.10. The second-order valence-electron chi connectivity index (χ2n) is 5.98. The molecule has 0 aliphatic rings. The number of allylic oxidation sites excluding steroid dienone is 4. The number of halogens is 1. The van der Waals surface area contributed by atoms with Crippen molar-refractivity contribution in [1.29, 1.82) is 0 Å². The highest BCUT2D eigenvalue weighted by Crippen LogP contribution is 2.35. The van der Waals surface area contributed by atoms with Crippen LogP contribution in [0.4, 0.5) is 0 Å². The number of benzene rings is 1. The summed E-state index contributed by atoms with van der Waals surface area (Å²) < 4.78 is 0. The quantitative estimate of drug-likeness (QED) is 0.279. The molecule has 0 unspecified atom stereocenters. The van der Waals surface area contributed by atoms with Gasteiger partial charge in [0.25, 0.3) is 0 Å². The van der Waals surface area contributed by atoms with Gasteiger partial charge in [-0.3, -0.25) is 0 Å². The lowest BCUT2D eigenvalue weighted by molar-refractivity contribution is 1.31. The molecule has 1 rings (SSSR count). The lowest BCUT2D eigenvalue weighted by Gasteiger charge is -2.27. The summed E-state index contributed by atoms with van der Waals surface area (Å²) in [4.78, 5) is 0. The van der Waals surface area contributed by atoms with E-state index in [9.17, 15) is 0 Å². The fourth-order valence-electron chi connectivity index (χ4n) is 2.93. The van der Waals surface area contributed by atoms with Crippen molar-refractivity contribution < 1.29 is 0 Å². The minimum absolute atomic E-state index is 0.397. The first kappa shape index (κ1) is 18.8. The minimum Gasteiger partial charge on any atom is -0.162 e. The Balaban J connectivity index is 3.55. The molecule has 0 fully saturated rings. The first-order valence-corrected chi connectivity index (χ1v) is 11.8. The average Bonchev–Trinajstić information content (AvgIpc) is 2.46. The molecule has 0 nitrogen and oxygen atoms in total. The van der Waals surface area contributed by atoms with Crippen LogP contribution < -0.4 is 0 Å². The zero-order valence-electron chi connectivity index (χ0n) is 13.8. The molecule has 1 aromatic carbocycles. The molecule has 0 aliphatic carbocycles. The van der Waals surface area contributed by atoms with Crippen LogP contribution in [0, 0.1) is 0 Å². The molecule has 0 atom stereocenters. The molecule has 0 N–H and O–H groups in total. The summed E-state index contributed by atoms with van der Waals surface area (Å²) in [6.45, 7) is 16.6. The van der Waals surface area contributed by atoms with E-state index >= 15 is 0 Å². The number of hydrogen-bond acceptors (Lipinski definition) is 0. The number of rotatable bonds is 9. The maximum absolute atomic E-state index is 6.90. The summed E-state index contributed by atoms with van der Waals surface area (Å²) in [6.07, 6.45) is 8.69. The molecule has 0 amide bonds. The van der Waals surface area contributed by atoms with Gasteiger partial charge in [0, 0.05) is 0 Å². The van der Waals surface area contributed by atoms with Gasteiger partial charge in [-0.15, -0.1) is 19.7 Å². The topological polar surface area (TPSA) is 0 Å². The Morgan fingerprint density at radius 1 is 1.05 bits per heavy atom. The Bertz CT molecular complexity index is 530. The highest BCUT2D eigenvalue weighted by atomic mass is 35.6. The van der Waals surface area contributed by atoms with Crippen molar-refractivity contribution in [1.82, 2.24) is 0 Å². The standard InChI is InChI=1S/C19H26BClSi/c1-6-12-18(20(15-7-2)16-8-3)19(22(4,5)21)17-13-10-9-11-14-17/h6-11,13-14H,1-3,12,15-16H2,4-5H3/b19-18+. The Hall–Kier alpha value is -1.25. The van der Waals surface area contributed by atoms with Crippen LogP contribution in [0.1, 0.15) is 12.0 Å². The Morgan fingerprint density at radius 2 is 1.59 bits per heavy atom. The van der Waals surface area contributed by atoms with Gasteiger partial charge in [-0.25, -0.2) is 0 Å². The minimum atomic E-state index is -2.01. The van der Waals surface area contributed by atoms with Crippen molar-refractivity contribution in [3.63, 3.8) is 0 Å². The van der Waals surface area contributed by atoms with Crippen LogP contribution in [0.2, 0.25) is 25.7 Å². The summed E-state index contributed by atoms with van der Waals surface area (Å²) in [7, 11) is -2.01. The van der Waals surface area contributed by atoms with Crippen molar-refractivity contribution in [2.24, 2.45) is 0 Å². The summed E-state index contributed by atoms with van der Waals surface area (Å²) >= 11 is 6.90. The van der Waals surface area contributed by atoms with E-state index in [0.717, 1.165) is 19.1 Å². The number of hydrogen-bond donors (Lipinski definition) is 0. The Morgan fingerprint density at radius 3 is 2.00 bits per heavy atom. The molecule has 116 valence electrons. The van der Waals surface area contributed by atoms with Gasteiger partial charge in [-0.1, -0.05) is 79.8 Å². The van der Waals surface area contributed by atoms with E-state index in [1.165, 1.54) is 16.2 Å². The molecule has 3 heteroatoms. The van der Waals surface area contributed by atoms with Gasteiger partial charge in [-0.05, 0) is 17.2 Å². The van der Waals surface area contributed by atoms with E-state index in [4.69, 9.17) is 11.1 Å². The average molecular weight is 329 g/mol. The normalized spacial score (nSPS) is 12.3. The molecule has 0 spiro atoms. The summed E-state index contributed by atoms with van der Waals surface area (Å²) in [5.41, 5.74) is 2.64. The SMILES string of the molecule is C=CCB(CC=C)/C(CC=C)=C(\c1ccccc1)[Si](C)(C)Cl. The lowest BCUT2D eigenvalue weighted by atomic mass is 9.39. The predicted molar refractivity (Wildman–Crippen MR) is 107 cm³/mol. The fraction of sp³-hybridized carbons (Fsp3) is 0.263. The van der Waals surface area contributed by atoms with E-state index in [1.807, 2.05) is 24.3 Å². The first-order chi connectivity index (χ1) is 10.5. The maximum Gasteiger partial charge on any atom is 0.180 e. The van der Waals surface area contributed by atoms with Crippen LogP contribution >= 0.6 is 11.1 Å². The van der Waals surface area contributed by atoms with Crippen molar-refractivity contribution in [2.45, 2.75) is 32.2 Å². The van der Waals surface area contributed by atoms with E-state index < -0.39 is 7.38 Å². The summed E-state index contributed by atoms with van der Waals surface area (Å²) in [6, 6.07) is 10.5. The van der Waals surface area contributed by atoms with Crippen LogP contribution in [0.5, 0.6) is 0 Å². The summed E-state index contributed by atoms with van der Waals surface area (Å²) in [5, 5.41) is 1.34. The van der Waals surface area contributed by atoms with Gasteiger partial charge >= 0.3 is 0 Å². The molecular formula is C19H26BClSi. The molecule has 0 bridgehead atoms. The molecule has 0 aromatic heterocycles. The van der Waals surface area contributed by atoms with Crippen molar-refractivity contribution >= 4 is 30.4 Å². The summed E-state index contributed by atoms with van der Waals surface area (Å²) in [5.74, 6) is 0. The van der Waals surface area contributed by atoms with Gasteiger partial charge in [0.1, 0.15) is 0 Å². The van der Waals surface area contributed by atoms with Gasteiger partial charge in [0.2, 0.25) is 0 Å². The van der Waals surface area contributed by atoms with Crippen LogP contribution in [0.25, 0.3) is 5.20 Å². The van der Waals surface area contributed by atoms with Crippen molar-refractivity contribution in [2.75, 3.05) is 0 Å². The molecule has 1 aromatic rings. The molecule has 0 saturated carbocycles. The lowest BCUT2D eigenvalue weighted by Crippen LogP contribution is -2.27. The second kappa shape index (κ2) is 9.02. The molecule has 0 aliphatic heterocycles. The van der Waals surface area contributed by atoms with E-state index in [1.54, 1.807) is 0 Å². The van der Waals surface area contributed by atoms with Gasteiger partial charge in [0.15, 0.2) is 14.1 Å². The smallest absolute Gasteiger partial charge is 0.162 e. The molecule has 22 heavy (non-hydrogen) atoms. The highest BCUT2D eigenvalue weighted by molar-refractivity contribution is 7.29. The van der Waals surface area contributed by atoms with Crippen molar-refractivity contribution in [3.8, 4) is 0 Å². The van der Waals surface area contributed by atoms with Gasteiger partial charge < -0.3 is 0 Å². The van der Waals surface area contributed by atoms with Crippen LogP contribution in [-0.4, -0.2) is 14.1 Å². The van der Waals surface area contributed by atoms with Crippen LogP contribution in [0.3, 0.4) is 0 Å². The zero-order chi connectivity index (χ0) is 16.6. The van der Waals surface area contributed by atoms with Gasteiger partial charge in [0.05, 0.1) is 0 Å². The van der Waals surface area contributed by atoms with E-state index in [0.29, 0.717) is 6.71 Å². The zero-order valence-corrected chi connectivity index (χ0v) is 15.6. The highest BCUT2D eigenvalue weighted by Gasteiger charge is 2.30. The maximum atomic E-state index is 6.90. The first-order valence-electron chi connectivity index (χ1n) is 7.76. The molecular weight excluding hydrogens is 303 g/mol. The molecule has 0 heterocycles. The second-order valence-corrected chi connectivity index (χ2v) is 12.3.